The van der Waals surface area contributed by atoms with Crippen molar-refractivity contribution in [3.63, 3.8) is 0 Å². The van der Waals surface area contributed by atoms with Crippen LogP contribution in [0.1, 0.15) is 36.5 Å². The van der Waals surface area contributed by atoms with E-state index in [0.29, 0.717) is 25.1 Å². The number of nitrogens with zero attached hydrogens (tertiary/aromatic N) is 1. The molecule has 4 nitrogen and oxygen atoms in total. The first-order valence-corrected chi connectivity index (χ1v) is 10.7. The molecule has 0 aromatic heterocycles. The van der Waals surface area contributed by atoms with Gasteiger partial charge in [0.05, 0.1) is 0 Å². The molecule has 0 aliphatic heterocycles. The lowest BCUT2D eigenvalue weighted by atomic mass is 10.1. The summed E-state index contributed by atoms with van der Waals surface area (Å²) in [5, 5.41) is 2.70. The van der Waals surface area contributed by atoms with Gasteiger partial charge >= 0.3 is 0 Å². The molecule has 2 rings (SSSR count). The molecule has 2 amide bonds. The van der Waals surface area contributed by atoms with E-state index >= 15 is 0 Å². The fraction of sp³-hybridized carbons (Fsp3) is 0.391. The predicted octanol–water partition coefficient (Wildman–Crippen LogP) is 4.34. The van der Waals surface area contributed by atoms with E-state index < -0.39 is 6.04 Å². The van der Waals surface area contributed by atoms with Crippen LogP contribution in [0.5, 0.6) is 0 Å². The minimum absolute atomic E-state index is 0.0107. The summed E-state index contributed by atoms with van der Waals surface area (Å²) in [4.78, 5) is 28.3. The fourth-order valence-corrected chi connectivity index (χ4v) is 3.97. The highest BCUT2D eigenvalue weighted by atomic mass is 32.2. The maximum Gasteiger partial charge on any atom is 0.242 e. The number of amides is 2. The Labute approximate surface area is 172 Å². The summed E-state index contributed by atoms with van der Waals surface area (Å²) in [5.41, 5.74) is 3.41. The molecule has 0 saturated heterocycles. The van der Waals surface area contributed by atoms with Crippen LogP contribution in [0.2, 0.25) is 0 Å². The molecule has 1 N–H and O–H groups in total. The maximum absolute atomic E-state index is 13.0. The van der Waals surface area contributed by atoms with Crippen LogP contribution in [0.3, 0.4) is 0 Å². The Kier molecular flexibility index (Phi) is 8.58. The van der Waals surface area contributed by atoms with Gasteiger partial charge in [-0.1, -0.05) is 54.4 Å². The SMILES string of the molecule is CC[C@@H](C(=O)NC)N(Cc1cccc(C)c1)C(=O)CCSc1ccc(C)cc1. The van der Waals surface area contributed by atoms with E-state index in [-0.39, 0.29) is 11.8 Å². The number of aryl methyl sites for hydroxylation is 2. The Morgan fingerprint density at radius 1 is 1.07 bits per heavy atom. The number of benzene rings is 2. The summed E-state index contributed by atoms with van der Waals surface area (Å²) in [7, 11) is 1.62. The fourth-order valence-electron chi connectivity index (χ4n) is 3.13. The second kappa shape index (κ2) is 10.9. The maximum atomic E-state index is 13.0. The lowest BCUT2D eigenvalue weighted by molar-refractivity contribution is -0.140. The monoisotopic (exact) mass is 398 g/mol. The van der Waals surface area contributed by atoms with Crippen molar-refractivity contribution in [3.8, 4) is 0 Å². The standard InChI is InChI=1S/C23H30N2O2S/c1-5-21(23(27)24-4)25(16-19-8-6-7-18(3)15-19)22(26)13-14-28-20-11-9-17(2)10-12-20/h6-12,15,21H,5,13-14,16H2,1-4H3,(H,24,27)/t21-/m0/s1. The Balaban J connectivity index is 2.08. The summed E-state index contributed by atoms with van der Waals surface area (Å²) in [6, 6.07) is 15.9. The Morgan fingerprint density at radius 3 is 2.39 bits per heavy atom. The second-order valence-corrected chi connectivity index (χ2v) is 8.13. The highest BCUT2D eigenvalue weighted by Crippen LogP contribution is 2.21. The van der Waals surface area contributed by atoms with E-state index in [1.807, 2.05) is 32.0 Å². The number of hydrogen-bond acceptors (Lipinski definition) is 3. The van der Waals surface area contributed by atoms with E-state index in [9.17, 15) is 9.59 Å². The molecule has 0 unspecified atom stereocenters. The normalized spacial score (nSPS) is 11.7. The van der Waals surface area contributed by atoms with Crippen LogP contribution in [-0.4, -0.2) is 35.6 Å². The third-order valence-corrected chi connectivity index (χ3v) is 5.69. The average Bonchev–Trinajstić information content (AvgIpc) is 2.69. The van der Waals surface area contributed by atoms with Gasteiger partial charge in [0.15, 0.2) is 0 Å². The topological polar surface area (TPSA) is 49.4 Å². The van der Waals surface area contributed by atoms with Gasteiger partial charge in [0.2, 0.25) is 11.8 Å². The molecule has 1 atom stereocenters. The number of carbonyl (C=O) groups is 2. The first-order valence-electron chi connectivity index (χ1n) is 9.70. The molecule has 0 bridgehead atoms. The molecular weight excluding hydrogens is 368 g/mol. The highest BCUT2D eigenvalue weighted by Gasteiger charge is 2.27. The van der Waals surface area contributed by atoms with Crippen molar-refractivity contribution in [2.24, 2.45) is 0 Å². The van der Waals surface area contributed by atoms with Crippen LogP contribution in [0, 0.1) is 13.8 Å². The molecule has 2 aromatic carbocycles. The van der Waals surface area contributed by atoms with Crippen LogP contribution in [0.15, 0.2) is 53.4 Å². The molecule has 28 heavy (non-hydrogen) atoms. The summed E-state index contributed by atoms with van der Waals surface area (Å²) < 4.78 is 0. The van der Waals surface area contributed by atoms with Crippen molar-refractivity contribution < 1.29 is 9.59 Å². The second-order valence-electron chi connectivity index (χ2n) is 6.96. The summed E-state index contributed by atoms with van der Waals surface area (Å²) >= 11 is 1.67. The minimum Gasteiger partial charge on any atom is -0.357 e. The molecule has 0 fully saturated rings. The van der Waals surface area contributed by atoms with E-state index in [1.54, 1.807) is 23.7 Å². The predicted molar refractivity (Wildman–Crippen MR) is 116 cm³/mol. The van der Waals surface area contributed by atoms with Gasteiger partial charge in [-0.05, 0) is 38.0 Å². The molecule has 0 saturated carbocycles. The molecule has 5 heteroatoms. The lowest BCUT2D eigenvalue weighted by Gasteiger charge is -2.30. The summed E-state index contributed by atoms with van der Waals surface area (Å²) in [6.45, 7) is 6.48. The zero-order valence-electron chi connectivity index (χ0n) is 17.2. The van der Waals surface area contributed by atoms with Crippen molar-refractivity contribution in [2.45, 2.75) is 51.1 Å². The van der Waals surface area contributed by atoms with Crippen molar-refractivity contribution in [1.29, 1.82) is 0 Å². The van der Waals surface area contributed by atoms with Crippen molar-refractivity contribution in [2.75, 3.05) is 12.8 Å². The van der Waals surface area contributed by atoms with Crippen molar-refractivity contribution in [1.82, 2.24) is 10.2 Å². The Bertz CT molecular complexity index is 789. The molecule has 2 aromatic rings. The van der Waals surface area contributed by atoms with Gasteiger partial charge in [-0.15, -0.1) is 11.8 Å². The van der Waals surface area contributed by atoms with Crippen LogP contribution in [-0.2, 0) is 16.1 Å². The van der Waals surface area contributed by atoms with Gasteiger partial charge in [-0.25, -0.2) is 0 Å². The van der Waals surface area contributed by atoms with E-state index in [4.69, 9.17) is 0 Å². The molecule has 0 aliphatic rings. The first kappa shape index (κ1) is 22.0. The van der Waals surface area contributed by atoms with Crippen molar-refractivity contribution >= 4 is 23.6 Å². The van der Waals surface area contributed by atoms with Gasteiger partial charge < -0.3 is 10.2 Å². The minimum atomic E-state index is -0.456. The molecular formula is C23H30N2O2S. The smallest absolute Gasteiger partial charge is 0.242 e. The summed E-state index contributed by atoms with van der Waals surface area (Å²) in [5.74, 6) is 0.586. The van der Waals surface area contributed by atoms with Crippen LogP contribution < -0.4 is 5.32 Å². The van der Waals surface area contributed by atoms with E-state index in [1.165, 1.54) is 5.56 Å². The number of carbonyl (C=O) groups excluding carboxylic acids is 2. The summed E-state index contributed by atoms with van der Waals surface area (Å²) in [6.07, 6.45) is 0.986. The van der Waals surface area contributed by atoms with Gasteiger partial charge in [0.1, 0.15) is 6.04 Å². The van der Waals surface area contributed by atoms with Gasteiger partial charge in [0.25, 0.3) is 0 Å². The largest absolute Gasteiger partial charge is 0.357 e. The zero-order chi connectivity index (χ0) is 20.5. The molecule has 150 valence electrons. The number of hydrogen-bond donors (Lipinski definition) is 1. The lowest BCUT2D eigenvalue weighted by Crippen LogP contribution is -2.48. The average molecular weight is 399 g/mol. The Morgan fingerprint density at radius 2 is 1.79 bits per heavy atom. The van der Waals surface area contributed by atoms with Gasteiger partial charge in [-0.3, -0.25) is 9.59 Å². The molecule has 0 aliphatic carbocycles. The Hall–Kier alpha value is -2.27. The molecule has 0 radical (unpaired) electrons. The van der Waals surface area contributed by atoms with Crippen LogP contribution in [0.4, 0.5) is 0 Å². The molecule has 0 spiro atoms. The number of nitrogens with one attached hydrogen (secondary N) is 1. The number of rotatable bonds is 9. The highest BCUT2D eigenvalue weighted by molar-refractivity contribution is 7.99. The van der Waals surface area contributed by atoms with E-state index in [2.05, 4.69) is 42.6 Å². The number of likely N-dealkylation sites (N-methyl/N-ethyl adjacent to an activating group) is 1. The quantitative estimate of drug-likeness (QED) is 0.639. The number of thioether (sulfide) groups is 1. The van der Waals surface area contributed by atoms with Gasteiger partial charge in [-0.2, -0.15) is 0 Å². The van der Waals surface area contributed by atoms with Crippen LogP contribution in [0.25, 0.3) is 0 Å². The third kappa shape index (κ3) is 6.41. The third-order valence-electron chi connectivity index (χ3n) is 4.67. The first-order chi connectivity index (χ1) is 13.4. The van der Waals surface area contributed by atoms with Crippen LogP contribution >= 0.6 is 11.8 Å². The van der Waals surface area contributed by atoms with Gasteiger partial charge in [0, 0.05) is 30.7 Å². The van der Waals surface area contributed by atoms with Crippen molar-refractivity contribution in [3.05, 3.63) is 65.2 Å². The zero-order valence-corrected chi connectivity index (χ0v) is 18.0. The molecule has 0 heterocycles. The van der Waals surface area contributed by atoms with E-state index in [0.717, 1.165) is 16.0 Å².